The number of benzene rings is 2. The molecule has 1 aliphatic heterocycles. The Labute approximate surface area is 204 Å². The number of fused-ring (bicyclic) bond motifs is 1. The van der Waals surface area contributed by atoms with Gasteiger partial charge in [-0.05, 0) is 60.2 Å². The van der Waals surface area contributed by atoms with Gasteiger partial charge in [-0.15, -0.1) is 11.3 Å². The Morgan fingerprint density at radius 1 is 1.18 bits per heavy atom. The van der Waals surface area contributed by atoms with Crippen LogP contribution in [-0.2, 0) is 4.79 Å². The summed E-state index contributed by atoms with van der Waals surface area (Å²) in [6.45, 7) is 4.57. The molecule has 0 aliphatic carbocycles. The Morgan fingerprint density at radius 2 is 2.03 bits per heavy atom. The van der Waals surface area contributed by atoms with Crippen molar-refractivity contribution in [2.75, 3.05) is 11.5 Å². The van der Waals surface area contributed by atoms with Crippen molar-refractivity contribution in [3.8, 4) is 5.75 Å². The highest BCUT2D eigenvalue weighted by atomic mass is 32.1. The molecule has 8 heteroatoms. The number of ether oxygens (including phenoxy) is 1. The molecule has 3 heterocycles. The van der Waals surface area contributed by atoms with E-state index in [0.29, 0.717) is 27.9 Å². The molecule has 1 aliphatic rings. The topological polar surface area (TPSA) is 79.7 Å². The first-order chi connectivity index (χ1) is 16.5. The Hall–Kier alpha value is -3.49. The van der Waals surface area contributed by atoms with Crippen LogP contribution in [0.5, 0.6) is 5.75 Å². The first kappa shape index (κ1) is 22.3. The Morgan fingerprint density at radius 3 is 2.79 bits per heavy atom. The highest BCUT2D eigenvalue weighted by molar-refractivity contribution is 7.22. The molecule has 0 bridgehead atoms. The number of aliphatic hydroxyl groups excluding tert-OH is 1. The van der Waals surface area contributed by atoms with Gasteiger partial charge in [0.05, 0.1) is 33.3 Å². The number of ketones is 1. The van der Waals surface area contributed by atoms with Crippen LogP contribution < -0.4 is 9.64 Å². The van der Waals surface area contributed by atoms with Crippen molar-refractivity contribution >= 4 is 49.7 Å². The predicted octanol–water partition coefficient (Wildman–Crippen LogP) is 6.24. The number of Topliss-reactive ketones (excluding diaryl/α,β-unsaturated/α-hetero) is 1. The molecule has 0 saturated carbocycles. The van der Waals surface area contributed by atoms with E-state index in [9.17, 15) is 14.7 Å². The van der Waals surface area contributed by atoms with E-state index in [1.54, 1.807) is 17.5 Å². The van der Waals surface area contributed by atoms with Gasteiger partial charge < -0.3 is 9.84 Å². The van der Waals surface area contributed by atoms with Crippen molar-refractivity contribution in [2.24, 2.45) is 0 Å². The number of thiazole rings is 1. The van der Waals surface area contributed by atoms with Gasteiger partial charge in [0.1, 0.15) is 5.75 Å². The lowest BCUT2D eigenvalue weighted by Gasteiger charge is -2.24. The van der Waals surface area contributed by atoms with Gasteiger partial charge in [0, 0.05) is 0 Å². The molecular formula is C26H22N2O4S2. The SMILES string of the molecule is CCCOc1cccc(C2C(C(=O)c3cccs3)=C(O)C(=O)N2c2nc3ccc(C)cc3s2)c1. The van der Waals surface area contributed by atoms with Crippen LogP contribution in [-0.4, -0.2) is 28.4 Å². The lowest BCUT2D eigenvalue weighted by atomic mass is 9.95. The van der Waals surface area contributed by atoms with Gasteiger partial charge >= 0.3 is 0 Å². The van der Waals surface area contributed by atoms with Crippen LogP contribution in [0.1, 0.15) is 40.2 Å². The van der Waals surface area contributed by atoms with Crippen molar-refractivity contribution in [1.29, 1.82) is 0 Å². The van der Waals surface area contributed by atoms with E-state index in [1.165, 1.54) is 27.6 Å². The molecule has 1 N–H and O–H groups in total. The molecule has 0 fully saturated rings. The predicted molar refractivity (Wildman–Crippen MR) is 135 cm³/mol. The van der Waals surface area contributed by atoms with Crippen LogP contribution in [0.3, 0.4) is 0 Å². The molecule has 5 rings (SSSR count). The number of carbonyl (C=O) groups is 2. The normalized spacial score (nSPS) is 16.0. The fourth-order valence-electron chi connectivity index (χ4n) is 4.01. The average molecular weight is 491 g/mol. The maximum Gasteiger partial charge on any atom is 0.296 e. The van der Waals surface area contributed by atoms with Gasteiger partial charge in [-0.25, -0.2) is 4.98 Å². The number of aromatic nitrogens is 1. The van der Waals surface area contributed by atoms with Gasteiger partial charge in [0.2, 0.25) is 5.78 Å². The van der Waals surface area contributed by atoms with Crippen LogP contribution in [0.15, 0.2) is 71.3 Å². The summed E-state index contributed by atoms with van der Waals surface area (Å²) in [7, 11) is 0. The monoisotopic (exact) mass is 490 g/mol. The summed E-state index contributed by atoms with van der Waals surface area (Å²) in [5.74, 6) is -0.912. The summed E-state index contributed by atoms with van der Waals surface area (Å²) < 4.78 is 6.73. The van der Waals surface area contributed by atoms with Crippen molar-refractivity contribution in [2.45, 2.75) is 26.3 Å². The van der Waals surface area contributed by atoms with Gasteiger partial charge in [-0.3, -0.25) is 14.5 Å². The standard InChI is InChI=1S/C26H22N2O4S2/c1-3-11-32-17-7-4-6-16(14-17)22-21(23(29)19-8-5-12-33-19)24(30)25(31)28(22)26-27-18-10-9-15(2)13-20(18)34-26/h4-10,12-14,22,30H,3,11H2,1-2H3. The van der Waals surface area contributed by atoms with Gasteiger partial charge in [-0.2, -0.15) is 0 Å². The second kappa shape index (κ2) is 9.04. The number of amides is 1. The van der Waals surface area contributed by atoms with Crippen molar-refractivity contribution < 1.29 is 19.4 Å². The molecule has 6 nitrogen and oxygen atoms in total. The molecule has 1 unspecified atom stereocenters. The third-order valence-corrected chi connectivity index (χ3v) is 7.47. The lowest BCUT2D eigenvalue weighted by molar-refractivity contribution is -0.117. The van der Waals surface area contributed by atoms with E-state index in [2.05, 4.69) is 4.98 Å². The molecule has 1 atom stereocenters. The van der Waals surface area contributed by atoms with Crippen LogP contribution in [0.4, 0.5) is 5.13 Å². The molecular weight excluding hydrogens is 468 g/mol. The summed E-state index contributed by atoms with van der Waals surface area (Å²) in [4.78, 5) is 33.4. The minimum atomic E-state index is -0.825. The second-order valence-corrected chi connectivity index (χ2v) is 9.99. The minimum absolute atomic E-state index is 0.0514. The smallest absolute Gasteiger partial charge is 0.296 e. The van der Waals surface area contributed by atoms with E-state index >= 15 is 0 Å². The molecule has 0 saturated heterocycles. The minimum Gasteiger partial charge on any atom is -0.503 e. The highest BCUT2D eigenvalue weighted by Gasteiger charge is 2.46. The van der Waals surface area contributed by atoms with E-state index in [1.807, 2.05) is 56.3 Å². The molecule has 4 aromatic rings. The summed E-state index contributed by atoms with van der Waals surface area (Å²) in [5, 5.41) is 13.2. The van der Waals surface area contributed by atoms with Crippen LogP contribution in [0, 0.1) is 6.92 Å². The van der Waals surface area contributed by atoms with Crippen molar-refractivity contribution in [1.82, 2.24) is 4.98 Å². The molecule has 2 aromatic carbocycles. The first-order valence-corrected chi connectivity index (χ1v) is 12.6. The fourth-order valence-corrected chi connectivity index (χ4v) is 5.78. The third-order valence-electron chi connectivity index (χ3n) is 5.58. The summed E-state index contributed by atoms with van der Waals surface area (Å²) in [6.07, 6.45) is 0.853. The van der Waals surface area contributed by atoms with Crippen LogP contribution >= 0.6 is 22.7 Å². The summed E-state index contributed by atoms with van der Waals surface area (Å²) in [6, 6.07) is 15.8. The molecule has 172 valence electrons. The molecule has 2 aromatic heterocycles. The third kappa shape index (κ3) is 3.89. The molecule has 34 heavy (non-hydrogen) atoms. The summed E-state index contributed by atoms with van der Waals surface area (Å²) in [5.41, 5.74) is 2.56. The van der Waals surface area contributed by atoms with Gasteiger partial charge in [-0.1, -0.05) is 42.5 Å². The zero-order chi connectivity index (χ0) is 23.8. The van der Waals surface area contributed by atoms with Gasteiger partial charge in [0.25, 0.3) is 5.91 Å². The maximum atomic E-state index is 13.5. The van der Waals surface area contributed by atoms with E-state index in [4.69, 9.17) is 4.74 Å². The zero-order valence-electron chi connectivity index (χ0n) is 18.6. The fraction of sp³-hybridized carbons (Fsp3) is 0.192. The van der Waals surface area contributed by atoms with E-state index < -0.39 is 17.7 Å². The Bertz CT molecular complexity index is 1420. The van der Waals surface area contributed by atoms with Crippen LogP contribution in [0.2, 0.25) is 0 Å². The van der Waals surface area contributed by atoms with E-state index in [0.717, 1.165) is 22.2 Å². The maximum absolute atomic E-state index is 13.5. The second-order valence-electron chi connectivity index (χ2n) is 8.03. The van der Waals surface area contributed by atoms with Crippen molar-refractivity contribution in [3.63, 3.8) is 0 Å². The number of anilines is 1. The summed E-state index contributed by atoms with van der Waals surface area (Å²) >= 11 is 2.63. The lowest BCUT2D eigenvalue weighted by Crippen LogP contribution is -2.30. The molecule has 1 amide bonds. The number of nitrogens with zero attached hydrogens (tertiary/aromatic N) is 2. The average Bonchev–Trinajstić information content (AvgIpc) is 3.56. The number of aryl methyl sites for hydroxylation is 1. The molecule has 0 radical (unpaired) electrons. The quantitative estimate of drug-likeness (QED) is 0.310. The van der Waals surface area contributed by atoms with Crippen LogP contribution in [0.25, 0.3) is 10.2 Å². The number of rotatable bonds is 7. The largest absolute Gasteiger partial charge is 0.503 e. The number of aliphatic hydroxyl groups is 1. The number of hydrogen-bond donors (Lipinski definition) is 1. The Kier molecular flexibility index (Phi) is 5.93. The zero-order valence-corrected chi connectivity index (χ0v) is 20.3. The first-order valence-electron chi connectivity index (χ1n) is 10.9. The number of hydrogen-bond acceptors (Lipinski definition) is 7. The number of carbonyl (C=O) groups excluding carboxylic acids is 2. The number of thiophene rings is 1. The van der Waals surface area contributed by atoms with E-state index in [-0.39, 0.29) is 11.4 Å². The van der Waals surface area contributed by atoms with Gasteiger partial charge in [0.15, 0.2) is 10.9 Å². The van der Waals surface area contributed by atoms with Crippen molar-refractivity contribution in [3.05, 3.63) is 87.3 Å². The molecule has 0 spiro atoms. The Balaban J connectivity index is 1.66. The highest BCUT2D eigenvalue weighted by Crippen LogP contribution is 2.45.